The first-order chi connectivity index (χ1) is 12.2. The number of amides is 1. The van der Waals surface area contributed by atoms with Crippen LogP contribution in [0.15, 0.2) is 53.1 Å². The fraction of sp³-hybridized carbons (Fsp3) is 0.263. The van der Waals surface area contributed by atoms with E-state index in [1.165, 1.54) is 0 Å². The zero-order valence-corrected chi connectivity index (χ0v) is 14.4. The Balaban J connectivity index is 1.40. The number of benzene rings is 1. The maximum absolute atomic E-state index is 12.7. The highest BCUT2D eigenvalue weighted by Crippen LogP contribution is 2.24. The molecule has 128 valence electrons. The molecule has 2 aromatic heterocycles. The van der Waals surface area contributed by atoms with Gasteiger partial charge in [-0.2, -0.15) is 0 Å². The zero-order valence-electron chi connectivity index (χ0n) is 13.7. The first-order valence-corrected chi connectivity index (χ1v) is 8.67. The number of carbonyl (C=O) groups is 1. The van der Waals surface area contributed by atoms with Crippen LogP contribution >= 0.6 is 11.6 Å². The Morgan fingerprint density at radius 1 is 1.12 bits per heavy atom. The molecule has 3 aromatic rings. The summed E-state index contributed by atoms with van der Waals surface area (Å²) in [5.74, 6) is 0.306. The summed E-state index contributed by atoms with van der Waals surface area (Å²) in [6.45, 7) is 3.84. The molecule has 0 radical (unpaired) electrons. The number of hydrogen-bond donors (Lipinski definition) is 0. The first-order valence-electron chi connectivity index (χ1n) is 8.30. The lowest BCUT2D eigenvalue weighted by Crippen LogP contribution is -2.48. The van der Waals surface area contributed by atoms with E-state index in [2.05, 4.69) is 9.88 Å². The summed E-state index contributed by atoms with van der Waals surface area (Å²) in [6.07, 6.45) is 1.81. The van der Waals surface area contributed by atoms with Crippen LogP contribution in [0.25, 0.3) is 11.0 Å². The highest BCUT2D eigenvalue weighted by atomic mass is 35.5. The number of carbonyl (C=O) groups excluding carboxylic acids is 1. The number of rotatable bonds is 3. The summed E-state index contributed by atoms with van der Waals surface area (Å²) in [4.78, 5) is 21.2. The van der Waals surface area contributed by atoms with E-state index in [-0.39, 0.29) is 5.91 Å². The monoisotopic (exact) mass is 355 g/mol. The lowest BCUT2D eigenvalue weighted by molar-refractivity contribution is 0.0598. The molecule has 0 aliphatic carbocycles. The van der Waals surface area contributed by atoms with Crippen molar-refractivity contribution < 1.29 is 9.21 Å². The number of furan rings is 1. The van der Waals surface area contributed by atoms with Gasteiger partial charge in [0.2, 0.25) is 0 Å². The van der Waals surface area contributed by atoms with Crippen LogP contribution in [-0.2, 0) is 6.54 Å². The van der Waals surface area contributed by atoms with Gasteiger partial charge in [0.1, 0.15) is 5.58 Å². The molecule has 6 heteroatoms. The Kier molecular flexibility index (Phi) is 4.42. The predicted octanol–water partition coefficient (Wildman–Crippen LogP) is 3.44. The van der Waals surface area contributed by atoms with Crippen LogP contribution in [0.4, 0.5) is 0 Å². The van der Waals surface area contributed by atoms with Crippen molar-refractivity contribution in [2.24, 2.45) is 0 Å². The molecule has 5 nitrogen and oxygen atoms in total. The molecule has 0 unspecified atom stereocenters. The largest absolute Gasteiger partial charge is 0.451 e. The molecule has 25 heavy (non-hydrogen) atoms. The van der Waals surface area contributed by atoms with Crippen LogP contribution in [0.3, 0.4) is 0 Å². The minimum Gasteiger partial charge on any atom is -0.451 e. The van der Waals surface area contributed by atoms with Crippen molar-refractivity contribution in [3.8, 4) is 0 Å². The molecule has 0 spiro atoms. The number of piperazine rings is 1. The molecule has 1 aliphatic rings. The molecular weight excluding hydrogens is 338 g/mol. The second-order valence-corrected chi connectivity index (χ2v) is 6.62. The Morgan fingerprint density at radius 2 is 1.96 bits per heavy atom. The van der Waals surface area contributed by atoms with Crippen LogP contribution < -0.4 is 0 Å². The van der Waals surface area contributed by atoms with Gasteiger partial charge in [0, 0.05) is 49.3 Å². The average molecular weight is 356 g/mol. The number of halogens is 1. The summed E-state index contributed by atoms with van der Waals surface area (Å²) < 4.78 is 5.69. The van der Waals surface area contributed by atoms with Crippen LogP contribution in [0.2, 0.25) is 5.02 Å². The lowest BCUT2D eigenvalue weighted by Gasteiger charge is -2.34. The van der Waals surface area contributed by atoms with Crippen molar-refractivity contribution in [3.05, 3.63) is 65.1 Å². The van der Waals surface area contributed by atoms with Gasteiger partial charge in [-0.15, -0.1) is 0 Å². The van der Waals surface area contributed by atoms with E-state index in [1.54, 1.807) is 18.2 Å². The van der Waals surface area contributed by atoms with E-state index in [9.17, 15) is 4.79 Å². The van der Waals surface area contributed by atoms with Gasteiger partial charge in [-0.1, -0.05) is 17.7 Å². The fourth-order valence-corrected chi connectivity index (χ4v) is 3.29. The van der Waals surface area contributed by atoms with Gasteiger partial charge in [-0.3, -0.25) is 14.7 Å². The van der Waals surface area contributed by atoms with Crippen LogP contribution in [0.5, 0.6) is 0 Å². The second-order valence-electron chi connectivity index (χ2n) is 6.18. The van der Waals surface area contributed by atoms with E-state index >= 15 is 0 Å². The summed E-state index contributed by atoms with van der Waals surface area (Å²) in [6, 6.07) is 13.1. The zero-order chi connectivity index (χ0) is 17.2. The number of pyridine rings is 1. The van der Waals surface area contributed by atoms with E-state index < -0.39 is 0 Å². The Hall–Kier alpha value is -2.37. The minimum absolute atomic E-state index is 0.0650. The molecule has 1 fully saturated rings. The van der Waals surface area contributed by atoms with Crippen molar-refractivity contribution in [3.63, 3.8) is 0 Å². The first kappa shape index (κ1) is 16.1. The maximum Gasteiger partial charge on any atom is 0.289 e. The van der Waals surface area contributed by atoms with Crippen molar-refractivity contribution >= 4 is 28.5 Å². The Morgan fingerprint density at radius 3 is 2.72 bits per heavy atom. The second kappa shape index (κ2) is 6.86. The predicted molar refractivity (Wildman–Crippen MR) is 96.6 cm³/mol. The van der Waals surface area contributed by atoms with Gasteiger partial charge < -0.3 is 9.32 Å². The van der Waals surface area contributed by atoms with Crippen LogP contribution in [0, 0.1) is 0 Å². The van der Waals surface area contributed by atoms with Gasteiger partial charge in [-0.05, 0) is 36.4 Å². The van der Waals surface area contributed by atoms with Gasteiger partial charge in [-0.25, -0.2) is 0 Å². The molecule has 1 amide bonds. The quantitative estimate of drug-likeness (QED) is 0.722. The third-order valence-electron chi connectivity index (χ3n) is 4.46. The number of hydrogen-bond acceptors (Lipinski definition) is 4. The van der Waals surface area contributed by atoms with Crippen molar-refractivity contribution in [1.82, 2.24) is 14.8 Å². The molecule has 0 bridgehead atoms. The molecule has 0 saturated carbocycles. The minimum atomic E-state index is -0.0650. The average Bonchev–Trinajstić information content (AvgIpc) is 3.06. The van der Waals surface area contributed by atoms with Gasteiger partial charge >= 0.3 is 0 Å². The summed E-state index contributed by atoms with van der Waals surface area (Å²) in [5.41, 5.74) is 1.73. The number of nitrogens with zero attached hydrogens (tertiary/aromatic N) is 3. The third kappa shape index (κ3) is 3.52. The SMILES string of the molecule is O=C(c1cc2cc(Cl)ccc2o1)N1CCN(Cc2ccccn2)CC1. The topological polar surface area (TPSA) is 49.6 Å². The molecular formula is C19H18ClN3O2. The van der Waals surface area contributed by atoms with Crippen molar-refractivity contribution in [2.45, 2.75) is 6.54 Å². The molecule has 1 saturated heterocycles. The van der Waals surface area contributed by atoms with Crippen molar-refractivity contribution in [2.75, 3.05) is 26.2 Å². The Labute approximate surface area is 150 Å². The molecule has 1 aliphatic heterocycles. The maximum atomic E-state index is 12.7. The smallest absolute Gasteiger partial charge is 0.289 e. The summed E-state index contributed by atoms with van der Waals surface area (Å²) >= 11 is 5.99. The van der Waals surface area contributed by atoms with E-state index in [0.29, 0.717) is 29.5 Å². The van der Waals surface area contributed by atoms with Gasteiger partial charge in [0.15, 0.2) is 5.76 Å². The van der Waals surface area contributed by atoms with E-state index in [1.807, 2.05) is 35.4 Å². The third-order valence-corrected chi connectivity index (χ3v) is 4.70. The van der Waals surface area contributed by atoms with Crippen molar-refractivity contribution in [1.29, 1.82) is 0 Å². The molecule has 4 rings (SSSR count). The molecule has 0 N–H and O–H groups in total. The molecule has 3 heterocycles. The summed E-state index contributed by atoms with van der Waals surface area (Å²) in [7, 11) is 0. The normalized spacial score (nSPS) is 15.6. The van der Waals surface area contributed by atoms with Crippen LogP contribution in [-0.4, -0.2) is 46.9 Å². The van der Waals surface area contributed by atoms with Gasteiger partial charge in [0.05, 0.1) is 5.69 Å². The van der Waals surface area contributed by atoms with Crippen LogP contribution in [0.1, 0.15) is 16.2 Å². The van der Waals surface area contributed by atoms with Gasteiger partial charge in [0.25, 0.3) is 5.91 Å². The van der Waals surface area contributed by atoms with E-state index in [0.717, 1.165) is 30.7 Å². The molecule has 1 aromatic carbocycles. The summed E-state index contributed by atoms with van der Waals surface area (Å²) in [5, 5.41) is 1.49. The number of aromatic nitrogens is 1. The number of fused-ring (bicyclic) bond motifs is 1. The fourth-order valence-electron chi connectivity index (χ4n) is 3.11. The standard InChI is InChI=1S/C19H18ClN3O2/c20-15-4-5-17-14(11-15)12-18(25-17)19(24)23-9-7-22(8-10-23)13-16-3-1-2-6-21-16/h1-6,11-12H,7-10,13H2. The highest BCUT2D eigenvalue weighted by molar-refractivity contribution is 6.31. The Bertz CT molecular complexity index is 886. The molecule has 0 atom stereocenters. The van der Waals surface area contributed by atoms with E-state index in [4.69, 9.17) is 16.0 Å². The highest BCUT2D eigenvalue weighted by Gasteiger charge is 2.24. The lowest BCUT2D eigenvalue weighted by atomic mass is 10.2.